The van der Waals surface area contributed by atoms with E-state index in [1.165, 1.54) is 5.56 Å². The van der Waals surface area contributed by atoms with Crippen LogP contribution in [0.15, 0.2) is 18.6 Å². The Morgan fingerprint density at radius 1 is 1.28 bits per heavy atom. The van der Waals surface area contributed by atoms with Crippen LogP contribution in [0.4, 0.5) is 5.82 Å². The van der Waals surface area contributed by atoms with E-state index >= 15 is 0 Å². The van der Waals surface area contributed by atoms with Crippen molar-refractivity contribution in [3.05, 3.63) is 29.7 Å². The van der Waals surface area contributed by atoms with Crippen molar-refractivity contribution in [2.75, 3.05) is 5.32 Å². The van der Waals surface area contributed by atoms with Gasteiger partial charge in [-0.25, -0.2) is 0 Å². The lowest BCUT2D eigenvalue weighted by molar-refractivity contribution is 0.602. The van der Waals surface area contributed by atoms with E-state index in [0.29, 0.717) is 0 Å². The summed E-state index contributed by atoms with van der Waals surface area (Å²) in [6.07, 6.45) is 6.97. The molecule has 5 nitrogen and oxygen atoms in total. The minimum Gasteiger partial charge on any atom is -0.366 e. The summed E-state index contributed by atoms with van der Waals surface area (Å²) in [7, 11) is 1.94. The average Bonchev–Trinajstić information content (AvgIpc) is 2.86. The Labute approximate surface area is 114 Å². The fraction of sp³-hybridized carbons (Fsp3) is 0.500. The van der Waals surface area contributed by atoms with Crippen molar-refractivity contribution in [3.63, 3.8) is 0 Å². The first-order chi connectivity index (χ1) is 8.20. The molecule has 0 radical (unpaired) electrons. The number of aryl methyl sites for hydroxylation is 3. The molecule has 0 amide bonds. The summed E-state index contributed by atoms with van der Waals surface area (Å²) in [5, 5.41) is 11.9. The zero-order valence-corrected chi connectivity index (χ0v) is 11.9. The van der Waals surface area contributed by atoms with Gasteiger partial charge >= 0.3 is 0 Å². The third kappa shape index (κ3) is 3.26. The topological polar surface area (TPSA) is 47.7 Å². The Bertz CT molecular complexity index is 469. The Kier molecular flexibility index (Phi) is 5.22. The molecule has 100 valence electrons. The van der Waals surface area contributed by atoms with E-state index < -0.39 is 0 Å². The van der Waals surface area contributed by atoms with Gasteiger partial charge in [-0.15, -0.1) is 12.4 Å². The molecule has 0 aliphatic rings. The second-order valence-corrected chi connectivity index (χ2v) is 4.27. The van der Waals surface area contributed by atoms with Crippen molar-refractivity contribution in [3.8, 4) is 0 Å². The lowest BCUT2D eigenvalue weighted by Crippen LogP contribution is -2.05. The zero-order valence-electron chi connectivity index (χ0n) is 11.1. The third-order valence-corrected chi connectivity index (χ3v) is 2.72. The largest absolute Gasteiger partial charge is 0.366 e. The van der Waals surface area contributed by atoms with Gasteiger partial charge in [0.1, 0.15) is 5.82 Å². The average molecular weight is 270 g/mol. The Morgan fingerprint density at radius 3 is 2.67 bits per heavy atom. The van der Waals surface area contributed by atoms with Crippen molar-refractivity contribution in [1.29, 1.82) is 0 Å². The minimum atomic E-state index is 0. The number of hydrogen-bond acceptors (Lipinski definition) is 3. The molecule has 0 aliphatic carbocycles. The molecule has 2 rings (SSSR count). The highest BCUT2D eigenvalue weighted by Crippen LogP contribution is 2.13. The Morgan fingerprint density at radius 2 is 2.06 bits per heavy atom. The van der Waals surface area contributed by atoms with Crippen LogP contribution in [-0.4, -0.2) is 19.6 Å². The highest BCUT2D eigenvalue weighted by atomic mass is 35.5. The van der Waals surface area contributed by atoms with Crippen molar-refractivity contribution < 1.29 is 0 Å². The molecular weight excluding hydrogens is 250 g/mol. The van der Waals surface area contributed by atoms with Crippen LogP contribution in [0.5, 0.6) is 0 Å². The highest BCUT2D eigenvalue weighted by Gasteiger charge is 2.04. The van der Waals surface area contributed by atoms with E-state index in [1.807, 2.05) is 28.8 Å². The predicted molar refractivity (Wildman–Crippen MR) is 75.0 cm³/mol. The van der Waals surface area contributed by atoms with Gasteiger partial charge in [-0.3, -0.25) is 9.36 Å². The molecule has 18 heavy (non-hydrogen) atoms. The number of anilines is 1. The first kappa shape index (κ1) is 14.6. The monoisotopic (exact) mass is 269 g/mol. The summed E-state index contributed by atoms with van der Waals surface area (Å²) in [6.45, 7) is 5.96. The number of rotatable bonds is 5. The molecule has 2 aromatic heterocycles. The summed E-state index contributed by atoms with van der Waals surface area (Å²) in [5.41, 5.74) is 2.35. The van der Waals surface area contributed by atoms with E-state index in [9.17, 15) is 0 Å². The molecule has 0 aliphatic heterocycles. The minimum absolute atomic E-state index is 0. The molecule has 0 bridgehead atoms. The molecule has 6 heteroatoms. The van der Waals surface area contributed by atoms with Gasteiger partial charge in [-0.05, 0) is 13.3 Å². The van der Waals surface area contributed by atoms with Crippen molar-refractivity contribution >= 4 is 18.2 Å². The maximum atomic E-state index is 4.30. The van der Waals surface area contributed by atoms with E-state index in [1.54, 1.807) is 0 Å². The van der Waals surface area contributed by atoms with Crippen molar-refractivity contribution in [2.45, 2.75) is 33.4 Å². The van der Waals surface area contributed by atoms with Crippen LogP contribution in [0.2, 0.25) is 0 Å². The normalized spacial score (nSPS) is 10.2. The second kappa shape index (κ2) is 6.44. The van der Waals surface area contributed by atoms with Gasteiger partial charge < -0.3 is 5.32 Å². The number of nitrogens with zero attached hydrogens (tertiary/aromatic N) is 4. The Hall–Kier alpha value is -1.49. The van der Waals surface area contributed by atoms with Crippen LogP contribution < -0.4 is 5.32 Å². The van der Waals surface area contributed by atoms with Gasteiger partial charge in [-0.2, -0.15) is 10.2 Å². The van der Waals surface area contributed by atoms with E-state index in [0.717, 1.165) is 30.9 Å². The third-order valence-electron chi connectivity index (χ3n) is 2.72. The van der Waals surface area contributed by atoms with Crippen LogP contribution in [0, 0.1) is 6.92 Å². The summed E-state index contributed by atoms with van der Waals surface area (Å²) in [6, 6.07) is 0. The maximum absolute atomic E-state index is 4.30. The molecular formula is C12H20ClN5. The molecule has 2 heterocycles. The van der Waals surface area contributed by atoms with Crippen molar-refractivity contribution in [2.24, 2.45) is 7.05 Å². The van der Waals surface area contributed by atoms with Gasteiger partial charge in [0.05, 0.1) is 12.4 Å². The molecule has 1 N–H and O–H groups in total. The predicted octanol–water partition coefficient (Wildman–Crippen LogP) is 2.37. The first-order valence-electron chi connectivity index (χ1n) is 5.94. The summed E-state index contributed by atoms with van der Waals surface area (Å²) >= 11 is 0. The van der Waals surface area contributed by atoms with Gasteiger partial charge in [-0.1, -0.05) is 6.92 Å². The molecule has 0 spiro atoms. The zero-order chi connectivity index (χ0) is 12.3. The highest BCUT2D eigenvalue weighted by molar-refractivity contribution is 5.85. The molecule has 0 fully saturated rings. The summed E-state index contributed by atoms with van der Waals surface area (Å²) in [5.74, 6) is 1.06. The quantitative estimate of drug-likeness (QED) is 0.907. The fourth-order valence-electron chi connectivity index (χ4n) is 1.84. The van der Waals surface area contributed by atoms with Crippen LogP contribution in [0.1, 0.15) is 24.5 Å². The van der Waals surface area contributed by atoms with Gasteiger partial charge in [0.15, 0.2) is 0 Å². The fourth-order valence-corrected chi connectivity index (χ4v) is 1.84. The first-order valence-corrected chi connectivity index (χ1v) is 5.94. The molecule has 0 saturated carbocycles. The van der Waals surface area contributed by atoms with E-state index in [2.05, 4.69) is 35.6 Å². The number of halogens is 1. The molecule has 0 atom stereocenters. The molecule has 2 aromatic rings. The standard InChI is InChI=1S/C12H19N5.ClH/c1-4-5-17-9-11(8-15-17)7-13-12-10(2)6-14-16(12)3;/h6,8-9,13H,4-5,7H2,1-3H3;1H. The van der Waals surface area contributed by atoms with Gasteiger partial charge in [0.2, 0.25) is 0 Å². The van der Waals surface area contributed by atoms with Crippen LogP contribution in [0.3, 0.4) is 0 Å². The van der Waals surface area contributed by atoms with E-state index in [-0.39, 0.29) is 12.4 Å². The SMILES string of the molecule is CCCn1cc(CNc2c(C)cnn2C)cn1.Cl. The molecule has 0 aromatic carbocycles. The molecule has 0 unspecified atom stereocenters. The van der Waals surface area contributed by atoms with Crippen LogP contribution in [-0.2, 0) is 20.1 Å². The Balaban J connectivity index is 0.00000162. The summed E-state index contributed by atoms with van der Waals surface area (Å²) < 4.78 is 3.83. The smallest absolute Gasteiger partial charge is 0.127 e. The van der Waals surface area contributed by atoms with Crippen molar-refractivity contribution in [1.82, 2.24) is 19.6 Å². The number of nitrogens with one attached hydrogen (secondary N) is 1. The van der Waals surface area contributed by atoms with Gasteiger partial charge in [0, 0.05) is 37.5 Å². The van der Waals surface area contributed by atoms with E-state index in [4.69, 9.17) is 0 Å². The lowest BCUT2D eigenvalue weighted by Gasteiger charge is -2.06. The molecule has 0 saturated heterocycles. The van der Waals surface area contributed by atoms with Crippen LogP contribution in [0.25, 0.3) is 0 Å². The second-order valence-electron chi connectivity index (χ2n) is 4.27. The summed E-state index contributed by atoms with van der Waals surface area (Å²) in [4.78, 5) is 0. The van der Waals surface area contributed by atoms with Gasteiger partial charge in [0.25, 0.3) is 0 Å². The maximum Gasteiger partial charge on any atom is 0.127 e. The lowest BCUT2D eigenvalue weighted by atomic mass is 10.3. The number of hydrogen-bond donors (Lipinski definition) is 1. The van der Waals surface area contributed by atoms with Crippen LogP contribution >= 0.6 is 12.4 Å². The number of aromatic nitrogens is 4.